The van der Waals surface area contributed by atoms with E-state index in [0.717, 1.165) is 32.3 Å². The van der Waals surface area contributed by atoms with Crippen LogP contribution in [0.15, 0.2) is 64.2 Å². The monoisotopic (exact) mass is 440 g/mol. The maximum absolute atomic E-state index is 12.6. The lowest BCUT2D eigenvalue weighted by Crippen LogP contribution is -2.22. The minimum Gasteiger partial charge on any atom is -0.325 e. The summed E-state index contributed by atoms with van der Waals surface area (Å²) in [5, 5.41) is 13.1. The van der Waals surface area contributed by atoms with Crippen LogP contribution in [-0.4, -0.2) is 25.8 Å². The largest absolute Gasteiger partial charge is 0.325 e. The molecule has 0 aliphatic carbocycles. The molecule has 1 amide bonds. The van der Waals surface area contributed by atoms with Crippen molar-refractivity contribution in [2.75, 3.05) is 5.32 Å². The lowest BCUT2D eigenvalue weighted by Gasteiger charge is -2.12. The fourth-order valence-corrected chi connectivity index (χ4v) is 4.07. The van der Waals surface area contributed by atoms with E-state index in [-0.39, 0.29) is 11.2 Å². The zero-order chi connectivity index (χ0) is 19.0. The van der Waals surface area contributed by atoms with Gasteiger partial charge >= 0.3 is 0 Å². The molecule has 0 spiro atoms. The topological polar surface area (TPSA) is 59.3 Å². The summed E-state index contributed by atoms with van der Waals surface area (Å²) in [7, 11) is 0. The summed E-state index contributed by atoms with van der Waals surface area (Å²) in [6, 6.07) is 17.7. The highest BCUT2D eigenvalue weighted by atomic mass is 79.9. The number of carbonyl (C=O) groups excluding carboxylic acids is 1. The van der Waals surface area contributed by atoms with E-state index in [9.17, 15) is 4.79 Å². The van der Waals surface area contributed by atoms with Crippen LogP contribution in [0.3, 0.4) is 0 Å². The normalized spacial score (nSPS) is 12.4. The van der Waals surface area contributed by atoms with Crippen LogP contribution in [0.4, 0.5) is 5.69 Å². The SMILES string of the molecule is Cc1cc2nnc(SC(C)C(=O)Nc3ccc(Br)cc3)n2c2ccccc12. The summed E-state index contributed by atoms with van der Waals surface area (Å²) in [4.78, 5) is 12.6. The highest BCUT2D eigenvalue weighted by Crippen LogP contribution is 2.28. The predicted molar refractivity (Wildman–Crippen MR) is 113 cm³/mol. The molecule has 2 aromatic carbocycles. The zero-order valence-electron chi connectivity index (χ0n) is 14.8. The molecule has 0 saturated carbocycles. The van der Waals surface area contributed by atoms with Gasteiger partial charge in [-0.1, -0.05) is 45.9 Å². The van der Waals surface area contributed by atoms with Gasteiger partial charge in [0.1, 0.15) is 0 Å². The van der Waals surface area contributed by atoms with Crippen LogP contribution >= 0.6 is 27.7 Å². The third kappa shape index (κ3) is 3.57. The van der Waals surface area contributed by atoms with Crippen LogP contribution in [0.5, 0.6) is 0 Å². The number of anilines is 1. The molecule has 5 nitrogen and oxygen atoms in total. The Labute approximate surface area is 169 Å². The Balaban J connectivity index is 1.62. The Morgan fingerprint density at radius 1 is 1.15 bits per heavy atom. The Bertz CT molecular complexity index is 1140. The molecule has 136 valence electrons. The van der Waals surface area contributed by atoms with Gasteiger partial charge in [-0.25, -0.2) is 0 Å². The molecule has 2 heterocycles. The number of para-hydroxylation sites is 1. The summed E-state index contributed by atoms with van der Waals surface area (Å²) in [5.74, 6) is -0.0736. The van der Waals surface area contributed by atoms with Crippen LogP contribution in [0.25, 0.3) is 16.6 Å². The number of aryl methyl sites for hydroxylation is 1. The van der Waals surface area contributed by atoms with E-state index < -0.39 is 0 Å². The van der Waals surface area contributed by atoms with E-state index in [4.69, 9.17) is 0 Å². The minimum atomic E-state index is -0.318. The molecule has 1 unspecified atom stereocenters. The fourth-order valence-electron chi connectivity index (χ4n) is 2.94. The standard InChI is InChI=1S/C20H17BrN4OS/c1-12-11-18-23-24-20(25(18)17-6-4-3-5-16(12)17)27-13(2)19(26)22-15-9-7-14(21)8-10-15/h3-11,13H,1-2H3,(H,22,26). The van der Waals surface area contributed by atoms with Crippen molar-refractivity contribution in [1.29, 1.82) is 0 Å². The highest BCUT2D eigenvalue weighted by Gasteiger charge is 2.19. The third-order valence-electron chi connectivity index (χ3n) is 4.34. The number of nitrogens with one attached hydrogen (secondary N) is 1. The number of hydrogen-bond acceptors (Lipinski definition) is 4. The number of pyridine rings is 1. The van der Waals surface area contributed by atoms with Gasteiger partial charge in [-0.3, -0.25) is 9.20 Å². The van der Waals surface area contributed by atoms with Crippen molar-refractivity contribution in [3.63, 3.8) is 0 Å². The van der Waals surface area contributed by atoms with E-state index in [0.29, 0.717) is 5.16 Å². The summed E-state index contributed by atoms with van der Waals surface area (Å²) in [5.41, 5.74) is 3.75. The second-order valence-corrected chi connectivity index (χ2v) is 8.50. The second-order valence-electron chi connectivity index (χ2n) is 6.28. The summed E-state index contributed by atoms with van der Waals surface area (Å²) < 4.78 is 2.98. The molecule has 2 aromatic heterocycles. The van der Waals surface area contributed by atoms with Gasteiger partial charge in [0.25, 0.3) is 0 Å². The first-order valence-electron chi connectivity index (χ1n) is 8.49. The highest BCUT2D eigenvalue weighted by molar-refractivity contribution is 9.10. The van der Waals surface area contributed by atoms with Crippen molar-refractivity contribution in [2.24, 2.45) is 0 Å². The van der Waals surface area contributed by atoms with Gasteiger partial charge in [0.15, 0.2) is 10.8 Å². The molecule has 0 aliphatic rings. The van der Waals surface area contributed by atoms with Crippen LogP contribution in [0.1, 0.15) is 12.5 Å². The smallest absolute Gasteiger partial charge is 0.237 e. The van der Waals surface area contributed by atoms with Gasteiger partial charge in [0.2, 0.25) is 5.91 Å². The lowest BCUT2D eigenvalue weighted by atomic mass is 10.1. The Kier molecular flexibility index (Phi) is 4.88. The predicted octanol–water partition coefficient (Wildman–Crippen LogP) is 5.07. The number of rotatable bonds is 4. The van der Waals surface area contributed by atoms with Gasteiger partial charge in [-0.15, -0.1) is 10.2 Å². The van der Waals surface area contributed by atoms with Gasteiger partial charge < -0.3 is 5.32 Å². The molecule has 0 saturated heterocycles. The zero-order valence-corrected chi connectivity index (χ0v) is 17.2. The van der Waals surface area contributed by atoms with E-state index >= 15 is 0 Å². The average molecular weight is 441 g/mol. The molecule has 4 aromatic rings. The molecule has 0 aliphatic heterocycles. The number of thioether (sulfide) groups is 1. The third-order valence-corrected chi connectivity index (χ3v) is 5.91. The maximum atomic E-state index is 12.6. The molecule has 4 rings (SSSR count). The van der Waals surface area contributed by atoms with E-state index in [1.165, 1.54) is 11.8 Å². The number of benzene rings is 2. The first-order valence-corrected chi connectivity index (χ1v) is 10.2. The lowest BCUT2D eigenvalue weighted by molar-refractivity contribution is -0.115. The number of halogens is 1. The van der Waals surface area contributed by atoms with Gasteiger partial charge in [0.05, 0.1) is 10.8 Å². The number of carbonyl (C=O) groups is 1. The molecule has 1 atom stereocenters. The minimum absolute atomic E-state index is 0.0736. The van der Waals surface area contributed by atoms with Crippen LogP contribution in [-0.2, 0) is 4.79 Å². The Morgan fingerprint density at radius 3 is 2.67 bits per heavy atom. The summed E-state index contributed by atoms with van der Waals surface area (Å²) >= 11 is 4.79. The van der Waals surface area contributed by atoms with Crippen LogP contribution < -0.4 is 5.32 Å². The fraction of sp³-hybridized carbons (Fsp3) is 0.150. The molecule has 0 radical (unpaired) electrons. The van der Waals surface area contributed by atoms with Crippen molar-refractivity contribution in [3.05, 3.63) is 64.6 Å². The van der Waals surface area contributed by atoms with Gasteiger partial charge in [-0.2, -0.15) is 0 Å². The van der Waals surface area contributed by atoms with Crippen molar-refractivity contribution in [1.82, 2.24) is 14.6 Å². The molecule has 1 N–H and O–H groups in total. The van der Waals surface area contributed by atoms with E-state index in [1.54, 1.807) is 0 Å². The number of nitrogens with zero attached hydrogens (tertiary/aromatic N) is 3. The van der Waals surface area contributed by atoms with Crippen LogP contribution in [0.2, 0.25) is 0 Å². The van der Waals surface area contributed by atoms with Crippen molar-refractivity contribution in [3.8, 4) is 0 Å². The maximum Gasteiger partial charge on any atom is 0.237 e. The van der Waals surface area contributed by atoms with Crippen molar-refractivity contribution in [2.45, 2.75) is 24.3 Å². The number of amides is 1. The Hall–Kier alpha value is -2.38. The molecular formula is C20H17BrN4OS. The second kappa shape index (κ2) is 7.32. The number of hydrogen-bond donors (Lipinski definition) is 1. The summed E-state index contributed by atoms with van der Waals surface area (Å²) in [6.45, 7) is 3.94. The molecule has 27 heavy (non-hydrogen) atoms. The quantitative estimate of drug-likeness (QED) is 0.449. The van der Waals surface area contributed by atoms with E-state index in [1.807, 2.05) is 53.8 Å². The van der Waals surface area contributed by atoms with Crippen molar-refractivity contribution >= 4 is 55.8 Å². The molecule has 0 bridgehead atoms. The Morgan fingerprint density at radius 2 is 1.89 bits per heavy atom. The van der Waals surface area contributed by atoms with E-state index in [2.05, 4.69) is 50.5 Å². The molecule has 7 heteroatoms. The molecule has 0 fully saturated rings. The first-order chi connectivity index (χ1) is 13.0. The number of aromatic nitrogens is 3. The molecular weight excluding hydrogens is 424 g/mol. The first kappa shape index (κ1) is 18.0. The summed E-state index contributed by atoms with van der Waals surface area (Å²) in [6.07, 6.45) is 0. The van der Waals surface area contributed by atoms with Gasteiger partial charge in [0, 0.05) is 15.5 Å². The van der Waals surface area contributed by atoms with Gasteiger partial charge in [-0.05, 0) is 55.8 Å². The number of fused-ring (bicyclic) bond motifs is 3. The van der Waals surface area contributed by atoms with Crippen LogP contribution in [0, 0.1) is 6.92 Å². The van der Waals surface area contributed by atoms with Crippen molar-refractivity contribution < 1.29 is 4.79 Å². The average Bonchev–Trinajstić information content (AvgIpc) is 3.06.